The molecule has 0 amide bonds. The van der Waals surface area contributed by atoms with E-state index in [9.17, 15) is 15.3 Å². The molecular weight excluding hydrogens is 326 g/mol. The molecule has 3 rings (SSSR count). The normalized spacial score (nSPS) is 9.73. The molecule has 0 atom stereocenters. The Bertz CT molecular complexity index is 1190. The van der Waals surface area contributed by atoms with Gasteiger partial charge in [0.15, 0.2) is 0 Å². The summed E-state index contributed by atoms with van der Waals surface area (Å²) >= 11 is 0. The second kappa shape index (κ2) is 6.65. The fourth-order valence-corrected chi connectivity index (χ4v) is 2.72. The van der Waals surface area contributed by atoms with Gasteiger partial charge < -0.3 is 10.7 Å². The van der Waals surface area contributed by atoms with Crippen LogP contribution in [0.1, 0.15) is 16.7 Å². The highest BCUT2D eigenvalue weighted by Crippen LogP contribution is 2.31. The van der Waals surface area contributed by atoms with E-state index in [2.05, 4.69) is 11.1 Å². The Balaban J connectivity index is 2.24. The number of nitrogens with two attached hydrogens (primary N) is 1. The van der Waals surface area contributed by atoms with Crippen molar-refractivity contribution < 1.29 is 0 Å². The van der Waals surface area contributed by atoms with Crippen LogP contribution in [0.2, 0.25) is 0 Å². The van der Waals surface area contributed by atoms with Gasteiger partial charge in [-0.25, -0.2) is 0 Å². The van der Waals surface area contributed by atoms with E-state index in [1.54, 1.807) is 42.5 Å². The van der Waals surface area contributed by atoms with Crippen molar-refractivity contribution in [2.75, 3.05) is 5.73 Å². The van der Waals surface area contributed by atoms with Crippen molar-refractivity contribution in [1.82, 2.24) is 4.98 Å². The zero-order valence-electron chi connectivity index (χ0n) is 13.4. The predicted molar refractivity (Wildman–Crippen MR) is 96.5 cm³/mol. The van der Waals surface area contributed by atoms with Gasteiger partial charge in [-0.1, -0.05) is 30.3 Å². The number of H-pyrrole nitrogens is 1. The molecule has 26 heavy (non-hydrogen) atoms. The Morgan fingerprint density at radius 2 is 1.46 bits per heavy atom. The molecular formula is C20H11N5O. The minimum absolute atomic E-state index is 0.0538. The highest BCUT2D eigenvalue weighted by Gasteiger charge is 2.18. The monoisotopic (exact) mass is 337 g/mol. The third-order valence-corrected chi connectivity index (χ3v) is 3.97. The summed E-state index contributed by atoms with van der Waals surface area (Å²) < 4.78 is 0. The summed E-state index contributed by atoms with van der Waals surface area (Å²) in [7, 11) is 0. The molecule has 1 aromatic heterocycles. The summed E-state index contributed by atoms with van der Waals surface area (Å²) in [5.41, 5.74) is 8.00. The van der Waals surface area contributed by atoms with E-state index in [-0.39, 0.29) is 22.5 Å². The standard InChI is InChI=1S/C20H11N5O/c21-9-12-4-6-13(7-5-12)14-2-1-3-15(8-14)18-16(10-22)19(24)25-20(26)17(18)11-23/h1-8H,(H3,24,25,26). The zero-order chi connectivity index (χ0) is 18.7. The summed E-state index contributed by atoms with van der Waals surface area (Å²) in [5, 5.41) is 27.7. The fraction of sp³-hybridized carbons (Fsp3) is 0. The molecule has 2 aromatic carbocycles. The van der Waals surface area contributed by atoms with E-state index in [0.717, 1.165) is 11.1 Å². The van der Waals surface area contributed by atoms with Crippen LogP contribution in [-0.2, 0) is 0 Å². The van der Waals surface area contributed by atoms with Crippen molar-refractivity contribution in [2.24, 2.45) is 0 Å². The van der Waals surface area contributed by atoms with E-state index >= 15 is 0 Å². The summed E-state index contributed by atoms with van der Waals surface area (Å²) in [6, 6.07) is 20.0. The average Bonchev–Trinajstić information content (AvgIpc) is 2.67. The first-order valence-corrected chi connectivity index (χ1v) is 7.56. The number of rotatable bonds is 2. The van der Waals surface area contributed by atoms with Crippen LogP contribution < -0.4 is 11.3 Å². The van der Waals surface area contributed by atoms with Crippen molar-refractivity contribution in [3.8, 4) is 40.5 Å². The molecule has 0 bridgehead atoms. The van der Waals surface area contributed by atoms with Crippen molar-refractivity contribution in [2.45, 2.75) is 0 Å². The van der Waals surface area contributed by atoms with Gasteiger partial charge in [0.2, 0.25) is 0 Å². The topological polar surface area (TPSA) is 130 Å². The molecule has 0 aliphatic carbocycles. The van der Waals surface area contributed by atoms with Crippen LogP contribution in [-0.4, -0.2) is 4.98 Å². The molecule has 3 N–H and O–H groups in total. The number of anilines is 1. The quantitative estimate of drug-likeness (QED) is 0.742. The van der Waals surface area contributed by atoms with E-state index in [1.165, 1.54) is 0 Å². The molecule has 1 heterocycles. The molecule has 6 nitrogen and oxygen atoms in total. The maximum Gasteiger partial charge on any atom is 0.268 e. The van der Waals surface area contributed by atoms with Crippen molar-refractivity contribution in [3.63, 3.8) is 0 Å². The second-order valence-corrected chi connectivity index (χ2v) is 5.49. The molecule has 0 aliphatic heterocycles. The van der Waals surface area contributed by atoms with E-state index < -0.39 is 5.56 Å². The van der Waals surface area contributed by atoms with Crippen LogP contribution in [0.25, 0.3) is 22.3 Å². The Labute approximate surface area is 149 Å². The van der Waals surface area contributed by atoms with E-state index in [0.29, 0.717) is 11.1 Å². The first kappa shape index (κ1) is 16.5. The number of hydrogen-bond donors (Lipinski definition) is 2. The van der Waals surface area contributed by atoms with Crippen LogP contribution >= 0.6 is 0 Å². The lowest BCUT2D eigenvalue weighted by Gasteiger charge is -2.10. The van der Waals surface area contributed by atoms with Crippen LogP contribution in [0.15, 0.2) is 53.3 Å². The summed E-state index contributed by atoms with van der Waals surface area (Å²) in [6.45, 7) is 0. The largest absolute Gasteiger partial charge is 0.384 e. The maximum absolute atomic E-state index is 12.1. The van der Waals surface area contributed by atoms with Crippen molar-refractivity contribution in [3.05, 3.63) is 75.6 Å². The molecule has 3 aromatic rings. The number of aromatic amines is 1. The number of aromatic nitrogens is 1. The Hall–Kier alpha value is -4.34. The number of nitrogens with one attached hydrogen (secondary N) is 1. The first-order chi connectivity index (χ1) is 12.6. The van der Waals surface area contributed by atoms with Crippen LogP contribution in [0.3, 0.4) is 0 Å². The lowest BCUT2D eigenvalue weighted by Crippen LogP contribution is -2.16. The fourth-order valence-electron chi connectivity index (χ4n) is 2.72. The molecule has 0 aliphatic rings. The van der Waals surface area contributed by atoms with E-state index in [4.69, 9.17) is 11.0 Å². The van der Waals surface area contributed by atoms with Crippen molar-refractivity contribution >= 4 is 5.82 Å². The molecule has 6 heteroatoms. The zero-order valence-corrected chi connectivity index (χ0v) is 13.4. The van der Waals surface area contributed by atoms with Crippen molar-refractivity contribution in [1.29, 1.82) is 15.8 Å². The third-order valence-electron chi connectivity index (χ3n) is 3.97. The smallest absolute Gasteiger partial charge is 0.268 e. The van der Waals surface area contributed by atoms with Gasteiger partial charge in [-0.2, -0.15) is 15.8 Å². The predicted octanol–water partition coefficient (Wildman–Crippen LogP) is 2.91. The van der Waals surface area contributed by atoms with Gasteiger partial charge in [-0.15, -0.1) is 0 Å². The summed E-state index contributed by atoms with van der Waals surface area (Å²) in [5.74, 6) is -0.0738. The minimum atomic E-state index is -0.636. The van der Waals surface area contributed by atoms with E-state index in [1.807, 2.05) is 18.2 Å². The molecule has 0 spiro atoms. The minimum Gasteiger partial charge on any atom is -0.384 e. The Morgan fingerprint density at radius 3 is 2.08 bits per heavy atom. The summed E-state index contributed by atoms with van der Waals surface area (Å²) in [4.78, 5) is 14.4. The van der Waals surface area contributed by atoms with Gasteiger partial charge >= 0.3 is 0 Å². The van der Waals surface area contributed by atoms with Gasteiger partial charge in [0.05, 0.1) is 11.6 Å². The van der Waals surface area contributed by atoms with Gasteiger partial charge in [0.25, 0.3) is 5.56 Å². The number of hydrogen-bond acceptors (Lipinski definition) is 5. The molecule has 0 radical (unpaired) electrons. The molecule has 122 valence electrons. The van der Waals surface area contributed by atoms with Gasteiger partial charge in [0, 0.05) is 5.56 Å². The number of nitrogen functional groups attached to an aromatic ring is 1. The highest BCUT2D eigenvalue weighted by molar-refractivity contribution is 5.82. The highest BCUT2D eigenvalue weighted by atomic mass is 16.1. The first-order valence-electron chi connectivity index (χ1n) is 7.56. The molecule has 0 fully saturated rings. The Kier molecular flexibility index (Phi) is 4.22. The molecule has 0 unspecified atom stereocenters. The van der Waals surface area contributed by atoms with Crippen LogP contribution in [0, 0.1) is 34.0 Å². The third kappa shape index (κ3) is 2.78. The van der Waals surface area contributed by atoms with Gasteiger partial charge in [0.1, 0.15) is 29.1 Å². The maximum atomic E-state index is 12.1. The molecule has 0 saturated heterocycles. The average molecular weight is 337 g/mol. The molecule has 0 saturated carbocycles. The second-order valence-electron chi connectivity index (χ2n) is 5.49. The lowest BCUT2D eigenvalue weighted by molar-refractivity contribution is 1.21. The van der Waals surface area contributed by atoms with Crippen LogP contribution in [0.4, 0.5) is 5.82 Å². The van der Waals surface area contributed by atoms with Crippen LogP contribution in [0.5, 0.6) is 0 Å². The Morgan fingerprint density at radius 1 is 0.808 bits per heavy atom. The number of nitrogens with zero attached hydrogens (tertiary/aromatic N) is 3. The lowest BCUT2D eigenvalue weighted by atomic mass is 9.93. The number of pyridine rings is 1. The summed E-state index contributed by atoms with van der Waals surface area (Å²) in [6.07, 6.45) is 0. The van der Waals surface area contributed by atoms with Gasteiger partial charge in [-0.05, 0) is 34.9 Å². The number of benzene rings is 2. The SMILES string of the molecule is N#Cc1ccc(-c2cccc(-c3c(C#N)c(N)[nH]c(=O)c3C#N)c2)cc1. The number of nitriles is 3. The van der Waals surface area contributed by atoms with Gasteiger partial charge in [-0.3, -0.25) is 4.79 Å².